The summed E-state index contributed by atoms with van der Waals surface area (Å²) in [5.74, 6) is 2.18. The lowest BCUT2D eigenvalue weighted by atomic mass is 9.85. The Bertz CT molecular complexity index is 637. The van der Waals surface area contributed by atoms with Gasteiger partial charge in [0.25, 0.3) is 0 Å². The quantitative estimate of drug-likeness (QED) is 0.374. The number of carbonyl (C=O) groups is 1. The highest BCUT2D eigenvalue weighted by molar-refractivity contribution is 14.0. The Balaban J connectivity index is 0.00000261. The van der Waals surface area contributed by atoms with Crippen molar-refractivity contribution in [1.82, 2.24) is 10.2 Å². The number of likely N-dealkylation sites (tertiary alicyclic amines) is 1. The van der Waals surface area contributed by atoms with Crippen molar-refractivity contribution in [2.75, 3.05) is 25.0 Å². The molecule has 1 aromatic carbocycles. The zero-order valence-corrected chi connectivity index (χ0v) is 18.9. The highest BCUT2D eigenvalue weighted by Gasteiger charge is 2.25. The Labute approximate surface area is 180 Å². The van der Waals surface area contributed by atoms with Gasteiger partial charge in [-0.05, 0) is 56.2 Å². The van der Waals surface area contributed by atoms with Gasteiger partial charge in [0.1, 0.15) is 0 Å². The summed E-state index contributed by atoms with van der Waals surface area (Å²) in [5, 5.41) is 6.47. The molecule has 1 aliphatic carbocycles. The first-order valence-electron chi connectivity index (χ1n) is 10.1. The van der Waals surface area contributed by atoms with Crippen molar-refractivity contribution in [3.63, 3.8) is 0 Å². The van der Waals surface area contributed by atoms with E-state index in [-0.39, 0.29) is 35.8 Å². The van der Waals surface area contributed by atoms with Crippen LogP contribution in [0.1, 0.15) is 51.5 Å². The molecule has 2 aliphatic rings. The van der Waals surface area contributed by atoms with Gasteiger partial charge in [-0.2, -0.15) is 0 Å². The van der Waals surface area contributed by atoms with Crippen molar-refractivity contribution < 1.29 is 4.79 Å². The second-order valence-corrected chi connectivity index (χ2v) is 7.66. The van der Waals surface area contributed by atoms with Gasteiger partial charge in [-0.1, -0.05) is 25.5 Å². The smallest absolute Gasteiger partial charge is 0.227 e. The first-order chi connectivity index (χ1) is 12.7. The molecule has 27 heavy (non-hydrogen) atoms. The molecule has 1 saturated heterocycles. The van der Waals surface area contributed by atoms with Gasteiger partial charge in [-0.15, -0.1) is 24.0 Å². The molecule has 0 radical (unpaired) electrons. The minimum Gasteiger partial charge on any atom is -0.357 e. The molecule has 2 N–H and O–H groups in total. The van der Waals surface area contributed by atoms with Crippen LogP contribution in [0, 0.1) is 11.8 Å². The normalized spacial score (nSPS) is 18.4. The van der Waals surface area contributed by atoms with E-state index in [0.29, 0.717) is 6.54 Å². The predicted octanol–water partition coefficient (Wildman–Crippen LogP) is 4.24. The average Bonchev–Trinajstić information content (AvgIpc) is 2.58. The highest BCUT2D eigenvalue weighted by Crippen LogP contribution is 2.27. The third-order valence-corrected chi connectivity index (χ3v) is 5.50. The number of anilines is 1. The predicted molar refractivity (Wildman–Crippen MR) is 123 cm³/mol. The van der Waals surface area contributed by atoms with Gasteiger partial charge in [0.05, 0.1) is 6.54 Å². The molecule has 0 atom stereocenters. The van der Waals surface area contributed by atoms with Gasteiger partial charge in [0.15, 0.2) is 5.96 Å². The lowest BCUT2D eigenvalue weighted by molar-refractivity contribution is -0.122. The second kappa shape index (κ2) is 10.9. The number of aliphatic imine (C=N–C) groups is 1. The van der Waals surface area contributed by atoms with Crippen LogP contribution < -0.4 is 10.6 Å². The number of hydrogen-bond donors (Lipinski definition) is 2. The van der Waals surface area contributed by atoms with Crippen molar-refractivity contribution in [3.8, 4) is 0 Å². The van der Waals surface area contributed by atoms with E-state index in [9.17, 15) is 4.79 Å². The van der Waals surface area contributed by atoms with Crippen LogP contribution in [0.25, 0.3) is 0 Å². The van der Waals surface area contributed by atoms with Gasteiger partial charge in [-0.25, -0.2) is 4.99 Å². The van der Waals surface area contributed by atoms with Crippen molar-refractivity contribution >= 4 is 41.5 Å². The molecule has 0 spiro atoms. The molecule has 0 unspecified atom stereocenters. The molecular weight excluding hydrogens is 451 g/mol. The Morgan fingerprint density at radius 3 is 2.59 bits per heavy atom. The first kappa shape index (κ1) is 22.0. The fourth-order valence-corrected chi connectivity index (χ4v) is 3.47. The lowest BCUT2D eigenvalue weighted by Gasteiger charge is -2.33. The van der Waals surface area contributed by atoms with Crippen molar-refractivity contribution in [1.29, 1.82) is 0 Å². The van der Waals surface area contributed by atoms with Crippen LogP contribution in [0.4, 0.5) is 5.69 Å². The van der Waals surface area contributed by atoms with Crippen LogP contribution >= 0.6 is 24.0 Å². The van der Waals surface area contributed by atoms with Gasteiger partial charge in [0, 0.05) is 31.2 Å². The number of rotatable bonds is 5. The molecular formula is C21H33IN4O. The maximum atomic E-state index is 12.1. The number of amides is 1. The van der Waals surface area contributed by atoms with Crippen LogP contribution in [0.3, 0.4) is 0 Å². The number of piperidine rings is 1. The highest BCUT2D eigenvalue weighted by atomic mass is 127. The maximum absolute atomic E-state index is 12.1. The van der Waals surface area contributed by atoms with E-state index in [2.05, 4.69) is 35.4 Å². The molecule has 3 rings (SSSR count). The summed E-state index contributed by atoms with van der Waals surface area (Å²) in [6, 6.07) is 8.07. The van der Waals surface area contributed by atoms with Crippen LogP contribution in [0.2, 0.25) is 0 Å². The Kier molecular flexibility index (Phi) is 8.86. The molecule has 1 aromatic rings. The number of benzene rings is 1. The monoisotopic (exact) mass is 484 g/mol. The second-order valence-electron chi connectivity index (χ2n) is 7.66. The number of nitrogens with one attached hydrogen (secondary N) is 2. The van der Waals surface area contributed by atoms with Gasteiger partial charge in [-0.3, -0.25) is 4.79 Å². The largest absolute Gasteiger partial charge is 0.357 e. The molecule has 5 nitrogen and oxygen atoms in total. The summed E-state index contributed by atoms with van der Waals surface area (Å²) in [6.07, 6.45) is 5.68. The van der Waals surface area contributed by atoms with Crippen LogP contribution in [-0.2, 0) is 11.3 Å². The fraction of sp³-hybridized carbons (Fsp3) is 0.619. The molecule has 1 heterocycles. The Morgan fingerprint density at radius 2 is 1.96 bits per heavy atom. The number of carbonyl (C=O) groups excluding carboxylic acids is 1. The topological polar surface area (TPSA) is 56.7 Å². The average molecular weight is 484 g/mol. The summed E-state index contributed by atoms with van der Waals surface area (Å²) in [6.45, 7) is 8.09. The third kappa shape index (κ3) is 6.36. The van der Waals surface area contributed by atoms with E-state index in [1.165, 1.54) is 19.3 Å². The van der Waals surface area contributed by atoms with Crippen molar-refractivity contribution in [2.45, 2.75) is 52.5 Å². The fourth-order valence-electron chi connectivity index (χ4n) is 3.47. The molecule has 0 bridgehead atoms. The van der Waals surface area contributed by atoms with E-state index in [1.807, 2.05) is 18.2 Å². The van der Waals surface area contributed by atoms with Gasteiger partial charge < -0.3 is 15.5 Å². The Hall–Kier alpha value is -1.31. The number of guanidine groups is 1. The van der Waals surface area contributed by atoms with Crippen molar-refractivity contribution in [3.05, 3.63) is 29.8 Å². The van der Waals surface area contributed by atoms with E-state index < -0.39 is 0 Å². The molecule has 6 heteroatoms. The zero-order valence-electron chi connectivity index (χ0n) is 16.5. The third-order valence-electron chi connectivity index (χ3n) is 5.50. The number of nitrogens with zero attached hydrogens (tertiary/aromatic N) is 2. The standard InChI is InChI=1S/C21H32N4O.HI/c1-3-22-21(25-12-10-16(2)11-13-25)23-15-17-6-4-9-19(14-17)24-20(26)18-7-5-8-18;/h4,6,9,14,16,18H,3,5,7-8,10-13,15H2,1-2H3,(H,22,23)(H,24,26);1H. The van der Waals surface area contributed by atoms with E-state index >= 15 is 0 Å². The van der Waals surface area contributed by atoms with E-state index in [1.54, 1.807) is 0 Å². The van der Waals surface area contributed by atoms with Gasteiger partial charge >= 0.3 is 0 Å². The number of halogens is 1. The maximum Gasteiger partial charge on any atom is 0.227 e. The summed E-state index contributed by atoms with van der Waals surface area (Å²) in [7, 11) is 0. The van der Waals surface area contributed by atoms with E-state index in [4.69, 9.17) is 4.99 Å². The summed E-state index contributed by atoms with van der Waals surface area (Å²) < 4.78 is 0. The SMILES string of the molecule is CCNC(=NCc1cccc(NC(=O)C2CCC2)c1)N1CCC(C)CC1.I. The van der Waals surface area contributed by atoms with Crippen molar-refractivity contribution in [2.24, 2.45) is 16.8 Å². The van der Waals surface area contributed by atoms with E-state index in [0.717, 1.165) is 55.6 Å². The molecule has 2 fully saturated rings. The first-order valence-corrected chi connectivity index (χ1v) is 10.1. The van der Waals surface area contributed by atoms with Gasteiger partial charge in [0.2, 0.25) is 5.91 Å². The number of hydrogen-bond acceptors (Lipinski definition) is 2. The minimum absolute atomic E-state index is 0. The molecule has 1 saturated carbocycles. The molecule has 1 amide bonds. The van der Waals surface area contributed by atoms with Crippen LogP contribution in [-0.4, -0.2) is 36.4 Å². The molecule has 1 aliphatic heterocycles. The molecule has 150 valence electrons. The van der Waals surface area contributed by atoms with Crippen LogP contribution in [0.5, 0.6) is 0 Å². The summed E-state index contributed by atoms with van der Waals surface area (Å²) >= 11 is 0. The molecule has 0 aromatic heterocycles. The summed E-state index contributed by atoms with van der Waals surface area (Å²) in [4.78, 5) is 19.3. The summed E-state index contributed by atoms with van der Waals surface area (Å²) in [5.41, 5.74) is 2.00. The zero-order chi connectivity index (χ0) is 18.4. The lowest BCUT2D eigenvalue weighted by Crippen LogP contribution is -2.45. The van der Waals surface area contributed by atoms with Crippen LogP contribution in [0.15, 0.2) is 29.3 Å². The minimum atomic E-state index is 0. The Morgan fingerprint density at radius 1 is 1.22 bits per heavy atom.